The molecule has 0 amide bonds. The van der Waals surface area contributed by atoms with Gasteiger partial charge in [0.05, 0.1) is 13.3 Å². The van der Waals surface area contributed by atoms with Gasteiger partial charge in [0.2, 0.25) is 0 Å². The Morgan fingerprint density at radius 3 is 0.354 bits per heavy atom. The quantitative estimate of drug-likeness (QED) is 0.0310. The molecule has 496 valence electrons. The van der Waals surface area contributed by atoms with Crippen LogP contribution in [0.2, 0.25) is 0 Å². The molecule has 0 aliphatic heterocycles. The van der Waals surface area contributed by atoms with Crippen molar-refractivity contribution in [3.63, 3.8) is 0 Å². The van der Waals surface area contributed by atoms with Crippen LogP contribution in [0.15, 0.2) is 0 Å². The van der Waals surface area contributed by atoms with E-state index in [9.17, 15) is 0 Å². The summed E-state index contributed by atoms with van der Waals surface area (Å²) in [6.45, 7) is 38.9. The van der Waals surface area contributed by atoms with Crippen molar-refractivity contribution >= 4 is 0 Å². The fourth-order valence-corrected chi connectivity index (χ4v) is 10.7. The minimum absolute atomic E-state index is 1.08. The predicted molar refractivity (Wildman–Crippen MR) is 363 cm³/mol. The van der Waals surface area contributed by atoms with Gasteiger partial charge in [0.25, 0.3) is 0 Å². The molecule has 0 atom stereocenters. The van der Waals surface area contributed by atoms with Crippen LogP contribution in [-0.4, -0.2) is 347 Å². The van der Waals surface area contributed by atoms with E-state index in [1.165, 1.54) is 234 Å². The van der Waals surface area contributed by atoms with E-state index in [1.807, 2.05) is 28.2 Å². The molecule has 0 fully saturated rings. The van der Waals surface area contributed by atoms with Crippen molar-refractivity contribution in [3.05, 3.63) is 0 Å². The SMILES string of the molecule is CNCCCN(CCCNC)CCCN(CCCN(CCCNC)CCCNC)CN(CCCN(CCCNC)CCCNC)CCCN(CCCNC)CCCNC.CNCCCN(CCCNC)CN(CCCNC)CCCNC. The summed E-state index contributed by atoms with van der Waals surface area (Å²) in [5.41, 5.74) is 0. The second-order valence-electron chi connectivity index (χ2n) is 23.0. The van der Waals surface area contributed by atoms with Gasteiger partial charge in [0, 0.05) is 52.4 Å². The van der Waals surface area contributed by atoms with Crippen LogP contribution in [0.25, 0.3) is 0 Å². The fourth-order valence-electron chi connectivity index (χ4n) is 10.7. The molecule has 0 heterocycles. The zero-order chi connectivity index (χ0) is 60.5. The molecule has 20 nitrogen and oxygen atoms in total. The molecule has 0 unspecified atom stereocenters. The van der Waals surface area contributed by atoms with Crippen LogP contribution in [0.5, 0.6) is 0 Å². The summed E-state index contributed by atoms with van der Waals surface area (Å²) in [5.74, 6) is 0. The molecule has 0 spiro atoms. The van der Waals surface area contributed by atoms with E-state index in [0.29, 0.717) is 0 Å². The average Bonchev–Trinajstić information content (AvgIpc) is 3.47. The first kappa shape index (κ1) is 83.3. The molecule has 0 saturated carbocycles. The Morgan fingerprint density at radius 2 is 0.232 bits per heavy atom. The molecule has 0 aromatic carbocycles. The molecular weight excluding hydrogens is 1020 g/mol. The third-order valence-corrected chi connectivity index (χ3v) is 15.4. The second kappa shape index (κ2) is 69.3. The van der Waals surface area contributed by atoms with Crippen LogP contribution in [0.4, 0.5) is 0 Å². The van der Waals surface area contributed by atoms with Gasteiger partial charge in [-0.05, 0) is 344 Å². The molecule has 0 rings (SSSR count). The lowest BCUT2D eigenvalue weighted by molar-refractivity contribution is 0.108. The van der Waals surface area contributed by atoms with E-state index in [0.717, 1.165) is 91.9 Å². The van der Waals surface area contributed by atoms with Gasteiger partial charge < -0.3 is 83.4 Å². The molecule has 0 aliphatic carbocycles. The number of hydrogen-bond acceptors (Lipinski definition) is 20. The van der Waals surface area contributed by atoms with Crippen molar-refractivity contribution in [2.75, 3.05) is 307 Å². The van der Waals surface area contributed by atoms with Crippen molar-refractivity contribution in [1.82, 2.24) is 103 Å². The first-order valence-electron chi connectivity index (χ1n) is 33.8. The summed E-state index contributed by atoms with van der Waals surface area (Å²) < 4.78 is 0. The van der Waals surface area contributed by atoms with Crippen LogP contribution in [-0.2, 0) is 0 Å². The summed E-state index contributed by atoms with van der Waals surface area (Å²) in [6, 6.07) is 0. The summed E-state index contributed by atoms with van der Waals surface area (Å²) in [5, 5.41) is 40.0. The largest absolute Gasteiger partial charge is 0.320 e. The van der Waals surface area contributed by atoms with E-state index < -0.39 is 0 Å². The first-order valence-corrected chi connectivity index (χ1v) is 33.8. The van der Waals surface area contributed by atoms with Crippen molar-refractivity contribution in [2.24, 2.45) is 0 Å². The summed E-state index contributed by atoms with van der Waals surface area (Å²) in [6.07, 6.45) is 19.5. The number of nitrogens with one attached hydrogen (secondary N) is 12. The van der Waals surface area contributed by atoms with Gasteiger partial charge in [-0.15, -0.1) is 0 Å². The Labute approximate surface area is 511 Å². The van der Waals surface area contributed by atoms with E-state index >= 15 is 0 Å². The molecular formula is C62H148N20. The molecule has 0 bridgehead atoms. The molecule has 0 aromatic rings. The highest BCUT2D eigenvalue weighted by atomic mass is 15.3. The van der Waals surface area contributed by atoms with Gasteiger partial charge in [-0.1, -0.05) is 0 Å². The van der Waals surface area contributed by atoms with Gasteiger partial charge >= 0.3 is 0 Å². The molecule has 82 heavy (non-hydrogen) atoms. The standard InChI is InChI=1S/C45H106N14.C17H42N6/c1-46-21-9-29-54(30-10-22-47-2)37-17-41-58(42-18-38-55(31-11-23-48-3)32-12-24-49-4)45-59(43-19-39-56(33-13-25-50-5)34-14-26-51-6)44-20-40-57(35-15-27-52-7)36-16-28-53-8;1-18-9-5-13-22(14-6-10-19-2)17-23(15-7-11-20-3)16-8-12-21-4/h46-53H,9-45H2,1-8H3;18-21H,5-17H2,1-4H3. The monoisotopic (exact) mass is 1170 g/mol. The summed E-state index contributed by atoms with van der Waals surface area (Å²) in [4.78, 5) is 21.8. The minimum atomic E-state index is 1.08. The fraction of sp³-hybridized carbons (Fsp3) is 1.00. The van der Waals surface area contributed by atoms with Crippen LogP contribution < -0.4 is 63.8 Å². The highest BCUT2D eigenvalue weighted by molar-refractivity contribution is 4.72. The van der Waals surface area contributed by atoms with E-state index in [4.69, 9.17) is 0 Å². The summed E-state index contributed by atoms with van der Waals surface area (Å²) >= 11 is 0. The lowest BCUT2D eigenvalue weighted by Gasteiger charge is -2.33. The van der Waals surface area contributed by atoms with Crippen molar-refractivity contribution in [3.8, 4) is 0 Å². The Bertz CT molecular complexity index is 967. The lowest BCUT2D eigenvalue weighted by Crippen LogP contribution is -2.43. The third-order valence-electron chi connectivity index (χ3n) is 15.4. The zero-order valence-corrected chi connectivity index (χ0v) is 56.9. The molecule has 0 saturated heterocycles. The van der Waals surface area contributed by atoms with Crippen LogP contribution >= 0.6 is 0 Å². The average molecular weight is 1170 g/mol. The van der Waals surface area contributed by atoms with Gasteiger partial charge in [-0.3, -0.25) is 19.6 Å². The Morgan fingerprint density at radius 1 is 0.134 bits per heavy atom. The lowest BCUT2D eigenvalue weighted by atomic mass is 10.2. The maximum atomic E-state index is 3.37. The van der Waals surface area contributed by atoms with Crippen molar-refractivity contribution < 1.29 is 0 Å². The topological polar surface area (TPSA) is 170 Å². The van der Waals surface area contributed by atoms with Gasteiger partial charge in [-0.25, -0.2) is 0 Å². The smallest absolute Gasteiger partial charge is 0.0506 e. The Kier molecular flexibility index (Phi) is 70.4. The maximum absolute atomic E-state index is 3.37. The Hall–Kier alpha value is -0.800. The highest BCUT2D eigenvalue weighted by Gasteiger charge is 2.17. The van der Waals surface area contributed by atoms with E-state index in [2.05, 4.69) is 159 Å². The van der Waals surface area contributed by atoms with Crippen LogP contribution in [0.3, 0.4) is 0 Å². The first-order chi connectivity index (χ1) is 40.3. The molecule has 20 heteroatoms. The molecule has 12 N–H and O–H groups in total. The number of nitrogens with zero attached hydrogens (tertiary/aromatic N) is 8. The molecule has 0 radical (unpaired) electrons. The van der Waals surface area contributed by atoms with Gasteiger partial charge in [0.1, 0.15) is 0 Å². The normalized spacial score (nSPS) is 12.1. The third kappa shape index (κ3) is 58.2. The predicted octanol–water partition coefficient (Wildman–Crippen LogP) is 1.18. The maximum Gasteiger partial charge on any atom is 0.0506 e. The number of hydrogen-bond donors (Lipinski definition) is 12. The van der Waals surface area contributed by atoms with Gasteiger partial charge in [-0.2, -0.15) is 0 Å². The number of rotatable bonds is 68. The summed E-state index contributed by atoms with van der Waals surface area (Å²) in [7, 11) is 24.8. The highest BCUT2D eigenvalue weighted by Crippen LogP contribution is 2.09. The molecule has 0 aromatic heterocycles. The van der Waals surface area contributed by atoms with Crippen LogP contribution in [0, 0.1) is 0 Å². The van der Waals surface area contributed by atoms with E-state index in [1.54, 1.807) is 0 Å². The second-order valence-corrected chi connectivity index (χ2v) is 23.0. The van der Waals surface area contributed by atoms with Crippen LogP contribution in [0.1, 0.15) is 103 Å². The van der Waals surface area contributed by atoms with Crippen molar-refractivity contribution in [1.29, 1.82) is 0 Å². The van der Waals surface area contributed by atoms with E-state index in [-0.39, 0.29) is 0 Å². The molecule has 0 aliphatic rings. The Balaban J connectivity index is 0. The zero-order valence-electron chi connectivity index (χ0n) is 56.9. The minimum Gasteiger partial charge on any atom is -0.320 e. The van der Waals surface area contributed by atoms with Gasteiger partial charge in [0.15, 0.2) is 0 Å². The van der Waals surface area contributed by atoms with Crippen molar-refractivity contribution in [2.45, 2.75) is 103 Å².